The number of nitrogens with zero attached hydrogens (tertiary/aromatic N) is 4. The van der Waals surface area contributed by atoms with Crippen molar-refractivity contribution in [3.63, 3.8) is 0 Å². The van der Waals surface area contributed by atoms with Crippen LogP contribution < -0.4 is 10.2 Å². The number of nitrogens with one attached hydrogen (secondary N) is 1. The first kappa shape index (κ1) is 19.0. The van der Waals surface area contributed by atoms with Gasteiger partial charge in [-0.1, -0.05) is 42.5 Å². The van der Waals surface area contributed by atoms with Gasteiger partial charge in [-0.3, -0.25) is 9.69 Å². The minimum Gasteiger partial charge on any atom is -0.354 e. The number of benzene rings is 2. The van der Waals surface area contributed by atoms with Gasteiger partial charge in [-0.2, -0.15) is 0 Å². The average Bonchev–Trinajstić information content (AvgIpc) is 2.77. The molecule has 4 rings (SSSR count). The number of piperazine rings is 1. The van der Waals surface area contributed by atoms with Crippen LogP contribution in [0.5, 0.6) is 0 Å². The molecule has 0 radical (unpaired) electrons. The number of halogens is 1. The fourth-order valence-electron chi connectivity index (χ4n) is 3.37. The van der Waals surface area contributed by atoms with E-state index in [0.29, 0.717) is 5.82 Å². The van der Waals surface area contributed by atoms with Gasteiger partial charge in [0.1, 0.15) is 23.7 Å². The van der Waals surface area contributed by atoms with Crippen LogP contribution >= 0.6 is 0 Å². The molecule has 1 amide bonds. The SMILES string of the molecule is O=C(Nc1ccccc1F)c1cc(N2CCN(Cc3ccccc3)CC2)ncn1. The minimum atomic E-state index is -0.482. The summed E-state index contributed by atoms with van der Waals surface area (Å²) in [6.45, 7) is 4.39. The summed E-state index contributed by atoms with van der Waals surface area (Å²) < 4.78 is 13.8. The number of para-hydroxylation sites is 1. The van der Waals surface area contributed by atoms with E-state index in [9.17, 15) is 9.18 Å². The van der Waals surface area contributed by atoms with Crippen molar-refractivity contribution in [2.45, 2.75) is 6.54 Å². The Labute approximate surface area is 169 Å². The van der Waals surface area contributed by atoms with Crippen LogP contribution in [0, 0.1) is 5.82 Å². The van der Waals surface area contributed by atoms with Gasteiger partial charge < -0.3 is 10.2 Å². The smallest absolute Gasteiger partial charge is 0.274 e. The van der Waals surface area contributed by atoms with Gasteiger partial charge in [-0.15, -0.1) is 0 Å². The van der Waals surface area contributed by atoms with Gasteiger partial charge in [0.25, 0.3) is 5.91 Å². The third-order valence-electron chi connectivity index (χ3n) is 4.95. The van der Waals surface area contributed by atoms with Crippen molar-refractivity contribution in [1.29, 1.82) is 0 Å². The number of amides is 1. The molecule has 3 aromatic rings. The van der Waals surface area contributed by atoms with E-state index in [2.05, 4.69) is 49.4 Å². The lowest BCUT2D eigenvalue weighted by Crippen LogP contribution is -2.46. The molecule has 29 heavy (non-hydrogen) atoms. The maximum atomic E-state index is 13.8. The molecule has 0 bridgehead atoms. The average molecular weight is 391 g/mol. The first-order valence-electron chi connectivity index (χ1n) is 9.58. The monoisotopic (exact) mass is 391 g/mol. The molecule has 1 aromatic heterocycles. The highest BCUT2D eigenvalue weighted by atomic mass is 19.1. The lowest BCUT2D eigenvalue weighted by Gasteiger charge is -2.35. The summed E-state index contributed by atoms with van der Waals surface area (Å²) in [6, 6.07) is 18.1. The predicted molar refractivity (Wildman–Crippen MR) is 110 cm³/mol. The first-order chi connectivity index (χ1) is 14.2. The Kier molecular flexibility index (Phi) is 5.76. The molecule has 7 heteroatoms. The lowest BCUT2D eigenvalue weighted by molar-refractivity contribution is 0.102. The van der Waals surface area contributed by atoms with Crippen LogP contribution in [0.1, 0.15) is 16.1 Å². The minimum absolute atomic E-state index is 0.132. The summed E-state index contributed by atoms with van der Waals surface area (Å²) in [5, 5.41) is 2.56. The summed E-state index contributed by atoms with van der Waals surface area (Å²) in [4.78, 5) is 25.4. The maximum absolute atomic E-state index is 13.8. The second-order valence-electron chi connectivity index (χ2n) is 6.94. The molecule has 1 saturated heterocycles. The molecule has 0 saturated carbocycles. The number of hydrogen-bond acceptors (Lipinski definition) is 5. The molecule has 1 aliphatic heterocycles. The molecule has 1 N–H and O–H groups in total. The molecule has 148 valence electrons. The second kappa shape index (κ2) is 8.79. The highest BCUT2D eigenvalue weighted by molar-refractivity contribution is 6.03. The van der Waals surface area contributed by atoms with Crippen molar-refractivity contribution in [2.24, 2.45) is 0 Å². The molecule has 0 aliphatic carbocycles. The number of carbonyl (C=O) groups excluding carboxylic acids is 1. The molecule has 2 aromatic carbocycles. The van der Waals surface area contributed by atoms with Crippen LogP contribution in [0.4, 0.5) is 15.9 Å². The number of anilines is 2. The molecule has 6 nitrogen and oxygen atoms in total. The third-order valence-corrected chi connectivity index (χ3v) is 4.95. The van der Waals surface area contributed by atoms with E-state index in [4.69, 9.17) is 0 Å². The van der Waals surface area contributed by atoms with Crippen molar-refractivity contribution >= 4 is 17.4 Å². The number of aromatic nitrogens is 2. The van der Waals surface area contributed by atoms with Gasteiger partial charge in [0.15, 0.2) is 0 Å². The Morgan fingerprint density at radius 2 is 1.69 bits per heavy atom. The Morgan fingerprint density at radius 3 is 2.45 bits per heavy atom. The van der Waals surface area contributed by atoms with Gasteiger partial charge in [0, 0.05) is 38.8 Å². The molecule has 2 heterocycles. The lowest BCUT2D eigenvalue weighted by atomic mass is 10.2. The third kappa shape index (κ3) is 4.75. The Balaban J connectivity index is 1.38. The van der Waals surface area contributed by atoms with Gasteiger partial charge in [-0.25, -0.2) is 14.4 Å². The van der Waals surface area contributed by atoms with Crippen molar-refractivity contribution in [3.8, 4) is 0 Å². The topological polar surface area (TPSA) is 61.4 Å². The molecule has 0 unspecified atom stereocenters. The van der Waals surface area contributed by atoms with Crippen molar-refractivity contribution in [3.05, 3.63) is 84.1 Å². The van der Waals surface area contributed by atoms with Crippen molar-refractivity contribution < 1.29 is 9.18 Å². The zero-order valence-corrected chi connectivity index (χ0v) is 16.0. The predicted octanol–water partition coefficient (Wildman–Crippen LogP) is 3.19. The van der Waals surface area contributed by atoms with E-state index in [1.54, 1.807) is 18.2 Å². The van der Waals surface area contributed by atoms with Gasteiger partial charge in [0.2, 0.25) is 0 Å². The molecule has 1 aliphatic rings. The van der Waals surface area contributed by atoms with E-state index in [-0.39, 0.29) is 11.4 Å². The Bertz CT molecular complexity index is 974. The van der Waals surface area contributed by atoms with Crippen molar-refractivity contribution in [2.75, 3.05) is 36.4 Å². The molecule has 0 atom stereocenters. The fraction of sp³-hybridized carbons (Fsp3) is 0.227. The zero-order valence-electron chi connectivity index (χ0n) is 16.0. The Hall–Kier alpha value is -3.32. The van der Waals surface area contributed by atoms with Gasteiger partial charge in [-0.05, 0) is 17.7 Å². The summed E-state index contributed by atoms with van der Waals surface area (Å²) in [6.07, 6.45) is 1.38. The van der Waals surface area contributed by atoms with Crippen LogP contribution in [0.25, 0.3) is 0 Å². The molecule has 0 spiro atoms. The number of carbonyl (C=O) groups is 1. The highest BCUT2D eigenvalue weighted by Crippen LogP contribution is 2.17. The quantitative estimate of drug-likeness (QED) is 0.724. The molecular formula is C22H22FN5O. The van der Waals surface area contributed by atoms with E-state index in [0.717, 1.165) is 32.7 Å². The first-order valence-corrected chi connectivity index (χ1v) is 9.58. The van der Waals surface area contributed by atoms with E-state index in [1.807, 2.05) is 6.07 Å². The normalized spacial score (nSPS) is 14.6. The van der Waals surface area contributed by atoms with Crippen LogP contribution in [-0.4, -0.2) is 47.0 Å². The fourth-order valence-corrected chi connectivity index (χ4v) is 3.37. The molecule has 1 fully saturated rings. The number of rotatable bonds is 5. The van der Waals surface area contributed by atoms with E-state index in [1.165, 1.54) is 24.0 Å². The van der Waals surface area contributed by atoms with Crippen LogP contribution in [0.2, 0.25) is 0 Å². The van der Waals surface area contributed by atoms with E-state index < -0.39 is 11.7 Å². The number of hydrogen-bond donors (Lipinski definition) is 1. The largest absolute Gasteiger partial charge is 0.354 e. The summed E-state index contributed by atoms with van der Waals surface area (Å²) in [5.41, 5.74) is 1.65. The second-order valence-corrected chi connectivity index (χ2v) is 6.94. The van der Waals surface area contributed by atoms with Crippen molar-refractivity contribution in [1.82, 2.24) is 14.9 Å². The summed E-state index contributed by atoms with van der Waals surface area (Å²) >= 11 is 0. The van der Waals surface area contributed by atoms with Crippen LogP contribution in [-0.2, 0) is 6.54 Å². The highest BCUT2D eigenvalue weighted by Gasteiger charge is 2.20. The Morgan fingerprint density at radius 1 is 0.966 bits per heavy atom. The van der Waals surface area contributed by atoms with Gasteiger partial charge in [0.05, 0.1) is 5.69 Å². The van der Waals surface area contributed by atoms with Gasteiger partial charge >= 0.3 is 0 Å². The van der Waals surface area contributed by atoms with E-state index >= 15 is 0 Å². The maximum Gasteiger partial charge on any atom is 0.274 e. The molecular weight excluding hydrogens is 369 g/mol. The summed E-state index contributed by atoms with van der Waals surface area (Å²) in [5.74, 6) is -0.232. The zero-order chi connectivity index (χ0) is 20.1. The standard InChI is InChI=1S/C22H22FN5O/c23-18-8-4-5-9-19(18)26-22(29)20-14-21(25-16-24-20)28-12-10-27(11-13-28)15-17-6-2-1-3-7-17/h1-9,14,16H,10-13,15H2,(H,26,29). The summed E-state index contributed by atoms with van der Waals surface area (Å²) in [7, 11) is 0. The van der Waals surface area contributed by atoms with Crippen LogP contribution in [0.15, 0.2) is 67.0 Å². The van der Waals surface area contributed by atoms with Crippen LogP contribution in [0.3, 0.4) is 0 Å².